The molecular weight excluding hydrogens is 204 g/mol. The van der Waals surface area contributed by atoms with Gasteiger partial charge in [0.25, 0.3) is 0 Å². The average molecular weight is 222 g/mol. The zero-order valence-corrected chi connectivity index (χ0v) is 9.56. The molecule has 0 aliphatic carbocycles. The SMILES string of the molecule is CCc1nc(N)cc(N2CCCC(O)C2)n1. The topological polar surface area (TPSA) is 75.3 Å². The Morgan fingerprint density at radius 2 is 2.38 bits per heavy atom. The first-order valence-electron chi connectivity index (χ1n) is 5.75. The van der Waals surface area contributed by atoms with Crippen LogP contribution in [-0.2, 0) is 6.42 Å². The van der Waals surface area contributed by atoms with Crippen LogP contribution in [0.25, 0.3) is 0 Å². The van der Waals surface area contributed by atoms with Gasteiger partial charge in [0.1, 0.15) is 17.5 Å². The molecule has 5 nitrogen and oxygen atoms in total. The van der Waals surface area contributed by atoms with Gasteiger partial charge < -0.3 is 15.7 Å². The van der Waals surface area contributed by atoms with Gasteiger partial charge in [0.05, 0.1) is 6.10 Å². The van der Waals surface area contributed by atoms with Crippen LogP contribution >= 0.6 is 0 Å². The highest BCUT2D eigenvalue weighted by molar-refractivity contribution is 5.47. The van der Waals surface area contributed by atoms with E-state index in [9.17, 15) is 5.11 Å². The van der Waals surface area contributed by atoms with E-state index in [0.717, 1.165) is 37.4 Å². The molecule has 5 heteroatoms. The van der Waals surface area contributed by atoms with E-state index in [2.05, 4.69) is 14.9 Å². The van der Waals surface area contributed by atoms with Gasteiger partial charge in [-0.3, -0.25) is 0 Å². The number of nitrogens with two attached hydrogens (primary N) is 1. The molecule has 0 aromatic carbocycles. The first kappa shape index (κ1) is 11.1. The van der Waals surface area contributed by atoms with Crippen molar-refractivity contribution in [3.05, 3.63) is 11.9 Å². The van der Waals surface area contributed by atoms with Crippen molar-refractivity contribution in [3.8, 4) is 0 Å². The van der Waals surface area contributed by atoms with Gasteiger partial charge in [-0.2, -0.15) is 0 Å². The predicted octanol–water partition coefficient (Wildman–Crippen LogP) is 0.582. The van der Waals surface area contributed by atoms with Gasteiger partial charge >= 0.3 is 0 Å². The molecule has 16 heavy (non-hydrogen) atoms. The number of aliphatic hydroxyl groups is 1. The number of anilines is 2. The lowest BCUT2D eigenvalue weighted by Gasteiger charge is -2.31. The largest absolute Gasteiger partial charge is 0.391 e. The summed E-state index contributed by atoms with van der Waals surface area (Å²) in [6, 6.07) is 1.78. The number of nitrogen functional groups attached to an aromatic ring is 1. The molecule has 2 rings (SSSR count). The van der Waals surface area contributed by atoms with Gasteiger partial charge in [-0.15, -0.1) is 0 Å². The first-order valence-corrected chi connectivity index (χ1v) is 5.75. The van der Waals surface area contributed by atoms with Gasteiger partial charge in [-0.25, -0.2) is 9.97 Å². The molecule has 1 aromatic heterocycles. The molecule has 88 valence electrons. The zero-order chi connectivity index (χ0) is 11.5. The summed E-state index contributed by atoms with van der Waals surface area (Å²) in [5.74, 6) is 2.10. The van der Waals surface area contributed by atoms with Crippen LogP contribution in [-0.4, -0.2) is 34.3 Å². The number of aryl methyl sites for hydroxylation is 1. The highest BCUT2D eigenvalue weighted by Gasteiger charge is 2.19. The van der Waals surface area contributed by atoms with Crippen molar-refractivity contribution < 1.29 is 5.11 Å². The average Bonchev–Trinajstić information content (AvgIpc) is 2.28. The highest BCUT2D eigenvalue weighted by Crippen LogP contribution is 2.19. The van der Waals surface area contributed by atoms with Gasteiger partial charge in [-0.1, -0.05) is 6.92 Å². The van der Waals surface area contributed by atoms with E-state index in [1.54, 1.807) is 6.07 Å². The molecular formula is C11H18N4O. The number of hydrogen-bond acceptors (Lipinski definition) is 5. The molecule has 0 amide bonds. The molecule has 1 unspecified atom stereocenters. The summed E-state index contributed by atoms with van der Waals surface area (Å²) in [6.45, 7) is 3.57. The van der Waals surface area contributed by atoms with Gasteiger partial charge in [0, 0.05) is 25.6 Å². The number of hydrogen-bond donors (Lipinski definition) is 2. The maximum atomic E-state index is 9.62. The summed E-state index contributed by atoms with van der Waals surface area (Å²) in [5.41, 5.74) is 5.74. The van der Waals surface area contributed by atoms with Crippen molar-refractivity contribution in [2.24, 2.45) is 0 Å². The number of β-amino-alcohol motifs (C(OH)–C–C–N with tert-alkyl or cyclic N) is 1. The van der Waals surface area contributed by atoms with Crippen LogP contribution in [0, 0.1) is 0 Å². The summed E-state index contributed by atoms with van der Waals surface area (Å²) in [4.78, 5) is 10.7. The predicted molar refractivity (Wildman–Crippen MR) is 63.3 cm³/mol. The summed E-state index contributed by atoms with van der Waals surface area (Å²) in [7, 11) is 0. The fourth-order valence-electron chi connectivity index (χ4n) is 1.99. The van der Waals surface area contributed by atoms with Crippen molar-refractivity contribution in [1.82, 2.24) is 9.97 Å². The van der Waals surface area contributed by atoms with E-state index >= 15 is 0 Å². The van der Waals surface area contributed by atoms with Crippen LogP contribution < -0.4 is 10.6 Å². The van der Waals surface area contributed by atoms with Crippen LogP contribution in [0.1, 0.15) is 25.6 Å². The number of nitrogens with zero attached hydrogens (tertiary/aromatic N) is 3. The second-order valence-electron chi connectivity index (χ2n) is 4.16. The molecule has 0 saturated carbocycles. The lowest BCUT2D eigenvalue weighted by atomic mass is 10.1. The lowest BCUT2D eigenvalue weighted by molar-refractivity contribution is 0.154. The van der Waals surface area contributed by atoms with Crippen molar-refractivity contribution >= 4 is 11.6 Å². The molecule has 0 radical (unpaired) electrons. The van der Waals surface area contributed by atoms with Crippen molar-refractivity contribution in [2.45, 2.75) is 32.3 Å². The number of aliphatic hydroxyl groups excluding tert-OH is 1. The van der Waals surface area contributed by atoms with Crippen LogP contribution in [0.3, 0.4) is 0 Å². The molecule has 1 aliphatic rings. The van der Waals surface area contributed by atoms with E-state index in [4.69, 9.17) is 5.73 Å². The second kappa shape index (κ2) is 4.65. The van der Waals surface area contributed by atoms with Gasteiger partial charge in [0.15, 0.2) is 0 Å². The molecule has 1 saturated heterocycles. The Kier molecular flexibility index (Phi) is 3.24. The van der Waals surface area contributed by atoms with Crippen LogP contribution in [0.4, 0.5) is 11.6 Å². The lowest BCUT2D eigenvalue weighted by Crippen LogP contribution is -2.38. The van der Waals surface area contributed by atoms with E-state index in [-0.39, 0.29) is 6.10 Å². The Balaban J connectivity index is 2.21. The number of aromatic nitrogens is 2. The van der Waals surface area contributed by atoms with Crippen LogP contribution in [0.15, 0.2) is 6.07 Å². The molecule has 0 bridgehead atoms. The molecule has 2 heterocycles. The van der Waals surface area contributed by atoms with Crippen LogP contribution in [0.5, 0.6) is 0 Å². The van der Waals surface area contributed by atoms with Crippen LogP contribution in [0.2, 0.25) is 0 Å². The van der Waals surface area contributed by atoms with Gasteiger partial charge in [-0.05, 0) is 12.8 Å². The zero-order valence-electron chi connectivity index (χ0n) is 9.56. The third-order valence-corrected chi connectivity index (χ3v) is 2.82. The van der Waals surface area contributed by atoms with E-state index in [0.29, 0.717) is 12.4 Å². The van der Waals surface area contributed by atoms with Crippen molar-refractivity contribution in [1.29, 1.82) is 0 Å². The minimum atomic E-state index is -0.255. The Bertz CT molecular complexity index is 369. The minimum absolute atomic E-state index is 0.255. The first-order chi connectivity index (χ1) is 7.69. The van der Waals surface area contributed by atoms with Crippen molar-refractivity contribution in [2.75, 3.05) is 23.7 Å². The number of rotatable bonds is 2. The third-order valence-electron chi connectivity index (χ3n) is 2.82. The highest BCUT2D eigenvalue weighted by atomic mass is 16.3. The normalized spacial score (nSPS) is 21.1. The fourth-order valence-corrected chi connectivity index (χ4v) is 1.99. The van der Waals surface area contributed by atoms with E-state index < -0.39 is 0 Å². The Morgan fingerprint density at radius 3 is 3.06 bits per heavy atom. The molecule has 1 aromatic rings. The van der Waals surface area contributed by atoms with E-state index in [1.807, 2.05) is 6.92 Å². The maximum absolute atomic E-state index is 9.62. The molecule has 1 fully saturated rings. The van der Waals surface area contributed by atoms with E-state index in [1.165, 1.54) is 0 Å². The Labute approximate surface area is 95.3 Å². The molecule has 1 atom stereocenters. The second-order valence-corrected chi connectivity index (χ2v) is 4.16. The standard InChI is InChI=1S/C11H18N4O/c1-2-10-13-9(12)6-11(14-10)15-5-3-4-8(16)7-15/h6,8,16H,2-5,7H2,1H3,(H2,12,13,14). The third kappa shape index (κ3) is 2.41. The number of piperidine rings is 1. The molecule has 3 N–H and O–H groups in total. The quantitative estimate of drug-likeness (QED) is 0.765. The van der Waals surface area contributed by atoms with Crippen molar-refractivity contribution in [3.63, 3.8) is 0 Å². The minimum Gasteiger partial charge on any atom is -0.391 e. The molecule has 0 spiro atoms. The summed E-state index contributed by atoms with van der Waals surface area (Å²) < 4.78 is 0. The fraction of sp³-hybridized carbons (Fsp3) is 0.636. The smallest absolute Gasteiger partial charge is 0.134 e. The molecule has 1 aliphatic heterocycles. The maximum Gasteiger partial charge on any atom is 0.134 e. The van der Waals surface area contributed by atoms with Gasteiger partial charge in [0.2, 0.25) is 0 Å². The summed E-state index contributed by atoms with van der Waals surface area (Å²) >= 11 is 0. The Hall–Kier alpha value is -1.36. The Morgan fingerprint density at radius 1 is 1.56 bits per heavy atom. The summed E-state index contributed by atoms with van der Waals surface area (Å²) in [5, 5.41) is 9.62. The monoisotopic (exact) mass is 222 g/mol. The summed E-state index contributed by atoms with van der Waals surface area (Å²) in [6.07, 6.45) is 2.38.